The summed E-state index contributed by atoms with van der Waals surface area (Å²) in [5, 5.41) is 9.41. The molecular weight excluding hydrogens is 337 g/mol. The van der Waals surface area contributed by atoms with Gasteiger partial charge in [-0.05, 0) is 18.2 Å². The zero-order chi connectivity index (χ0) is 14.0. The van der Waals surface area contributed by atoms with E-state index in [1.165, 1.54) is 13.2 Å². The van der Waals surface area contributed by atoms with Crippen LogP contribution in [0.2, 0.25) is 0 Å². The van der Waals surface area contributed by atoms with Crippen molar-refractivity contribution in [2.75, 3.05) is 7.11 Å². The molecule has 0 saturated carbocycles. The van der Waals surface area contributed by atoms with E-state index in [2.05, 4.69) is 20.9 Å². The molecule has 0 unspecified atom stereocenters. The van der Waals surface area contributed by atoms with Gasteiger partial charge in [0.2, 0.25) is 0 Å². The third-order valence-corrected chi connectivity index (χ3v) is 3.95. The fraction of sp³-hybridized carbons (Fsp3) is 0.167. The van der Waals surface area contributed by atoms with Gasteiger partial charge < -0.3 is 9.84 Å². The largest absolute Gasteiger partial charge is 0.477 e. The van der Waals surface area contributed by atoms with Gasteiger partial charge in [-0.25, -0.2) is 14.2 Å². The Morgan fingerprint density at radius 2 is 2.32 bits per heavy atom. The van der Waals surface area contributed by atoms with Crippen molar-refractivity contribution < 1.29 is 19.0 Å². The van der Waals surface area contributed by atoms with E-state index >= 15 is 0 Å². The number of hydrogen-bond donors (Lipinski definition) is 1. The van der Waals surface area contributed by atoms with Gasteiger partial charge in [0.15, 0.2) is 0 Å². The van der Waals surface area contributed by atoms with Crippen LogP contribution in [0.25, 0.3) is 10.6 Å². The Bertz CT molecular complexity index is 629. The highest BCUT2D eigenvalue weighted by Crippen LogP contribution is 2.31. The maximum atomic E-state index is 13.8. The number of aromatic nitrogens is 1. The van der Waals surface area contributed by atoms with Crippen molar-refractivity contribution in [3.63, 3.8) is 0 Å². The van der Waals surface area contributed by atoms with Crippen molar-refractivity contribution in [3.05, 3.63) is 39.1 Å². The van der Waals surface area contributed by atoms with E-state index in [0.717, 1.165) is 11.3 Å². The normalized spacial score (nSPS) is 10.7. The Morgan fingerprint density at radius 1 is 1.58 bits per heavy atom. The van der Waals surface area contributed by atoms with Gasteiger partial charge in [-0.15, -0.1) is 11.3 Å². The molecule has 1 heterocycles. The van der Waals surface area contributed by atoms with Crippen LogP contribution >= 0.6 is 27.3 Å². The van der Waals surface area contributed by atoms with Crippen molar-refractivity contribution in [3.8, 4) is 10.6 Å². The molecular formula is C12H9BrFNO3S. The summed E-state index contributed by atoms with van der Waals surface area (Å²) in [5.41, 5.74) is 0.579. The van der Waals surface area contributed by atoms with Crippen LogP contribution in [0, 0.1) is 5.82 Å². The van der Waals surface area contributed by atoms with E-state index in [0.29, 0.717) is 15.2 Å². The minimum absolute atomic E-state index is 0.0687. The van der Waals surface area contributed by atoms with Crippen LogP contribution in [0.1, 0.15) is 15.4 Å². The average molecular weight is 346 g/mol. The number of carboxylic acids is 1. The summed E-state index contributed by atoms with van der Waals surface area (Å²) in [6, 6.07) is 4.55. The Labute approximate surface area is 121 Å². The molecule has 1 aromatic heterocycles. The van der Waals surface area contributed by atoms with Crippen LogP contribution in [0.3, 0.4) is 0 Å². The van der Waals surface area contributed by atoms with E-state index < -0.39 is 11.8 Å². The molecule has 0 aliphatic carbocycles. The van der Waals surface area contributed by atoms with E-state index in [9.17, 15) is 9.18 Å². The standard InChI is InChI=1S/C12H9BrFNO3S/c1-18-5-9-10(12(16)17)19-11(15-9)7-3-2-6(13)4-8(7)14/h2-4H,5H2,1H3,(H,16,17). The van der Waals surface area contributed by atoms with Gasteiger partial charge in [-0.2, -0.15) is 0 Å². The molecule has 0 aliphatic heterocycles. The number of aromatic carboxylic acids is 1. The number of hydrogen-bond acceptors (Lipinski definition) is 4. The van der Waals surface area contributed by atoms with E-state index in [1.807, 2.05) is 0 Å². The molecule has 0 aliphatic rings. The molecule has 19 heavy (non-hydrogen) atoms. The first-order valence-electron chi connectivity index (χ1n) is 5.20. The summed E-state index contributed by atoms with van der Waals surface area (Å²) < 4.78 is 19.3. The van der Waals surface area contributed by atoms with Gasteiger partial charge in [0.05, 0.1) is 12.3 Å². The van der Waals surface area contributed by atoms with Gasteiger partial charge in [-0.3, -0.25) is 0 Å². The van der Waals surface area contributed by atoms with Crippen LogP contribution in [-0.4, -0.2) is 23.2 Å². The summed E-state index contributed by atoms with van der Waals surface area (Å²) in [6.45, 7) is 0.0796. The second-order valence-electron chi connectivity index (χ2n) is 3.66. The molecule has 2 aromatic rings. The van der Waals surface area contributed by atoms with Crippen LogP contribution in [0.15, 0.2) is 22.7 Å². The fourth-order valence-electron chi connectivity index (χ4n) is 1.53. The number of thiazole rings is 1. The topological polar surface area (TPSA) is 59.4 Å². The molecule has 1 N–H and O–H groups in total. The number of halogens is 2. The van der Waals surface area contributed by atoms with Gasteiger partial charge in [-0.1, -0.05) is 15.9 Å². The van der Waals surface area contributed by atoms with Crippen LogP contribution < -0.4 is 0 Å². The lowest BCUT2D eigenvalue weighted by molar-refractivity contribution is 0.0697. The monoisotopic (exact) mass is 345 g/mol. The third-order valence-electron chi connectivity index (χ3n) is 2.33. The minimum Gasteiger partial charge on any atom is -0.477 e. The number of nitrogens with zero attached hydrogens (tertiary/aromatic N) is 1. The second-order valence-corrected chi connectivity index (χ2v) is 5.57. The molecule has 2 rings (SSSR count). The van der Waals surface area contributed by atoms with Crippen molar-refractivity contribution in [2.45, 2.75) is 6.61 Å². The zero-order valence-electron chi connectivity index (χ0n) is 9.81. The second kappa shape index (κ2) is 5.77. The Kier molecular flexibility index (Phi) is 4.28. The molecule has 0 saturated heterocycles. The molecule has 0 radical (unpaired) electrons. The Morgan fingerprint density at radius 3 is 2.89 bits per heavy atom. The lowest BCUT2D eigenvalue weighted by Gasteiger charge is -1.99. The van der Waals surface area contributed by atoms with Gasteiger partial charge >= 0.3 is 5.97 Å². The van der Waals surface area contributed by atoms with Crippen molar-refractivity contribution in [2.24, 2.45) is 0 Å². The highest BCUT2D eigenvalue weighted by molar-refractivity contribution is 9.10. The molecule has 0 spiro atoms. The molecule has 0 amide bonds. The maximum absolute atomic E-state index is 13.8. The fourth-order valence-corrected chi connectivity index (χ4v) is 2.80. The lowest BCUT2D eigenvalue weighted by atomic mass is 10.2. The van der Waals surface area contributed by atoms with E-state index in [4.69, 9.17) is 9.84 Å². The Balaban J connectivity index is 2.50. The van der Waals surface area contributed by atoms with E-state index in [-0.39, 0.29) is 17.0 Å². The number of ether oxygens (including phenoxy) is 1. The van der Waals surface area contributed by atoms with Gasteiger partial charge in [0, 0.05) is 17.1 Å². The first-order chi connectivity index (χ1) is 9.02. The quantitative estimate of drug-likeness (QED) is 0.920. The highest BCUT2D eigenvalue weighted by Gasteiger charge is 2.19. The number of carbonyl (C=O) groups is 1. The number of carboxylic acid groups (broad SMARTS) is 1. The number of benzene rings is 1. The molecule has 1 aromatic carbocycles. The maximum Gasteiger partial charge on any atom is 0.347 e. The van der Waals surface area contributed by atoms with Gasteiger partial charge in [0.25, 0.3) is 0 Å². The van der Waals surface area contributed by atoms with Gasteiger partial charge in [0.1, 0.15) is 15.7 Å². The number of rotatable bonds is 4. The van der Waals surface area contributed by atoms with Crippen molar-refractivity contribution >= 4 is 33.2 Å². The lowest BCUT2D eigenvalue weighted by Crippen LogP contribution is -1.99. The van der Waals surface area contributed by atoms with E-state index in [1.54, 1.807) is 12.1 Å². The molecule has 7 heteroatoms. The first kappa shape index (κ1) is 14.1. The summed E-state index contributed by atoms with van der Waals surface area (Å²) >= 11 is 4.10. The minimum atomic E-state index is -1.09. The van der Waals surface area contributed by atoms with Crippen LogP contribution in [0.4, 0.5) is 4.39 Å². The smallest absolute Gasteiger partial charge is 0.347 e. The summed E-state index contributed by atoms with van der Waals surface area (Å²) in [6.07, 6.45) is 0. The zero-order valence-corrected chi connectivity index (χ0v) is 12.2. The highest BCUT2D eigenvalue weighted by atomic mass is 79.9. The third kappa shape index (κ3) is 2.99. The summed E-state index contributed by atoms with van der Waals surface area (Å²) in [5.74, 6) is -1.54. The molecule has 0 bridgehead atoms. The summed E-state index contributed by atoms with van der Waals surface area (Å²) in [7, 11) is 1.45. The molecule has 100 valence electrons. The Hall–Kier alpha value is -1.31. The SMILES string of the molecule is COCc1nc(-c2ccc(Br)cc2F)sc1C(=O)O. The molecule has 0 fully saturated rings. The molecule has 0 atom stereocenters. The van der Waals surface area contributed by atoms with Crippen LogP contribution in [-0.2, 0) is 11.3 Å². The average Bonchev–Trinajstić information content (AvgIpc) is 2.73. The first-order valence-corrected chi connectivity index (χ1v) is 6.81. The van der Waals surface area contributed by atoms with Crippen LogP contribution in [0.5, 0.6) is 0 Å². The van der Waals surface area contributed by atoms with Crippen molar-refractivity contribution in [1.82, 2.24) is 4.98 Å². The summed E-state index contributed by atoms with van der Waals surface area (Å²) in [4.78, 5) is 15.3. The predicted molar refractivity (Wildman–Crippen MR) is 72.9 cm³/mol. The molecule has 4 nitrogen and oxygen atoms in total. The van der Waals surface area contributed by atoms with Crippen molar-refractivity contribution in [1.29, 1.82) is 0 Å². The number of methoxy groups -OCH3 is 1. The predicted octanol–water partition coefficient (Wildman–Crippen LogP) is 3.56.